The summed E-state index contributed by atoms with van der Waals surface area (Å²) < 4.78 is 1.07. The molecule has 0 aliphatic carbocycles. The SMILES string of the molecule is C=C(C)CCC(=O)c1cccc(C)c1I. The fraction of sp³-hybridized carbons (Fsp3) is 0.308. The van der Waals surface area contributed by atoms with Crippen molar-refractivity contribution in [2.75, 3.05) is 0 Å². The maximum atomic E-state index is 11.9. The van der Waals surface area contributed by atoms with Crippen molar-refractivity contribution in [2.45, 2.75) is 26.7 Å². The third-order valence-electron chi connectivity index (χ3n) is 2.27. The first-order valence-electron chi connectivity index (χ1n) is 4.95. The number of rotatable bonds is 4. The highest BCUT2D eigenvalue weighted by molar-refractivity contribution is 14.1. The van der Waals surface area contributed by atoms with Gasteiger partial charge in [-0.25, -0.2) is 0 Å². The van der Waals surface area contributed by atoms with Gasteiger partial charge in [-0.3, -0.25) is 4.79 Å². The van der Waals surface area contributed by atoms with Gasteiger partial charge in [0.05, 0.1) is 0 Å². The predicted octanol–water partition coefficient (Wildman–Crippen LogP) is 4.14. The Hall–Kier alpha value is -0.640. The molecule has 0 saturated carbocycles. The molecule has 2 heteroatoms. The summed E-state index contributed by atoms with van der Waals surface area (Å²) in [7, 11) is 0. The van der Waals surface area contributed by atoms with Gasteiger partial charge in [0.1, 0.15) is 0 Å². The van der Waals surface area contributed by atoms with Crippen LogP contribution in [0.1, 0.15) is 35.7 Å². The smallest absolute Gasteiger partial charge is 0.164 e. The molecule has 0 amide bonds. The summed E-state index contributed by atoms with van der Waals surface area (Å²) in [6, 6.07) is 5.86. The summed E-state index contributed by atoms with van der Waals surface area (Å²) in [5.41, 5.74) is 3.07. The third kappa shape index (κ3) is 3.45. The Kier molecular flexibility index (Phi) is 4.51. The number of benzene rings is 1. The van der Waals surface area contributed by atoms with E-state index in [4.69, 9.17) is 0 Å². The highest BCUT2D eigenvalue weighted by atomic mass is 127. The lowest BCUT2D eigenvalue weighted by Crippen LogP contribution is -2.02. The van der Waals surface area contributed by atoms with E-state index in [2.05, 4.69) is 29.2 Å². The molecule has 15 heavy (non-hydrogen) atoms. The van der Waals surface area contributed by atoms with E-state index in [1.165, 1.54) is 0 Å². The number of carbonyl (C=O) groups is 1. The molecule has 0 spiro atoms. The van der Waals surface area contributed by atoms with Gasteiger partial charge in [0.2, 0.25) is 0 Å². The highest BCUT2D eigenvalue weighted by Gasteiger charge is 2.10. The minimum atomic E-state index is 0.214. The van der Waals surface area contributed by atoms with Crippen LogP contribution in [-0.4, -0.2) is 5.78 Å². The van der Waals surface area contributed by atoms with E-state index in [9.17, 15) is 4.79 Å². The second kappa shape index (κ2) is 5.45. The van der Waals surface area contributed by atoms with Crippen LogP contribution in [0.15, 0.2) is 30.4 Å². The summed E-state index contributed by atoms with van der Waals surface area (Å²) in [4.78, 5) is 11.9. The number of aryl methyl sites for hydroxylation is 1. The molecule has 0 aromatic heterocycles. The third-order valence-corrected chi connectivity index (χ3v) is 3.70. The number of hydrogen-bond acceptors (Lipinski definition) is 1. The molecule has 0 saturated heterocycles. The minimum Gasteiger partial charge on any atom is -0.294 e. The van der Waals surface area contributed by atoms with Crippen LogP contribution in [0.2, 0.25) is 0 Å². The Balaban J connectivity index is 2.82. The van der Waals surface area contributed by atoms with Gasteiger partial charge in [0.15, 0.2) is 5.78 Å². The topological polar surface area (TPSA) is 17.1 Å². The Labute approximate surface area is 105 Å². The predicted molar refractivity (Wildman–Crippen MR) is 72.3 cm³/mol. The van der Waals surface area contributed by atoms with Gasteiger partial charge in [-0.05, 0) is 48.4 Å². The van der Waals surface area contributed by atoms with Crippen LogP contribution >= 0.6 is 22.6 Å². The highest BCUT2D eigenvalue weighted by Crippen LogP contribution is 2.19. The van der Waals surface area contributed by atoms with Crippen molar-refractivity contribution in [2.24, 2.45) is 0 Å². The summed E-state index contributed by atoms with van der Waals surface area (Å²) >= 11 is 2.23. The second-order valence-electron chi connectivity index (χ2n) is 3.82. The number of allylic oxidation sites excluding steroid dienone is 1. The number of carbonyl (C=O) groups excluding carboxylic acids is 1. The first kappa shape index (κ1) is 12.4. The zero-order chi connectivity index (χ0) is 11.4. The minimum absolute atomic E-state index is 0.214. The quantitative estimate of drug-likeness (QED) is 0.464. The Morgan fingerprint density at radius 3 is 2.67 bits per heavy atom. The van der Waals surface area contributed by atoms with Crippen LogP contribution in [0.3, 0.4) is 0 Å². The van der Waals surface area contributed by atoms with Crippen molar-refractivity contribution >= 4 is 28.4 Å². The van der Waals surface area contributed by atoms with E-state index in [0.717, 1.165) is 26.7 Å². The van der Waals surface area contributed by atoms with Crippen molar-refractivity contribution < 1.29 is 4.79 Å². The standard InChI is InChI=1S/C13H15IO/c1-9(2)7-8-12(15)11-6-4-5-10(3)13(11)14/h4-6H,1,7-8H2,2-3H3. The molecular formula is C13H15IO. The van der Waals surface area contributed by atoms with E-state index >= 15 is 0 Å². The van der Waals surface area contributed by atoms with Crippen molar-refractivity contribution in [3.63, 3.8) is 0 Å². The van der Waals surface area contributed by atoms with Gasteiger partial charge >= 0.3 is 0 Å². The van der Waals surface area contributed by atoms with E-state index in [-0.39, 0.29) is 5.78 Å². The van der Waals surface area contributed by atoms with Gasteiger partial charge in [0.25, 0.3) is 0 Å². The number of ketones is 1. The lowest BCUT2D eigenvalue weighted by atomic mass is 10.0. The van der Waals surface area contributed by atoms with Crippen molar-refractivity contribution in [3.05, 3.63) is 45.0 Å². The van der Waals surface area contributed by atoms with Gasteiger partial charge in [-0.15, -0.1) is 6.58 Å². The molecular weight excluding hydrogens is 299 g/mol. The average molecular weight is 314 g/mol. The molecule has 1 aromatic rings. The fourth-order valence-corrected chi connectivity index (χ4v) is 1.98. The summed E-state index contributed by atoms with van der Waals surface area (Å²) in [5.74, 6) is 0.214. The first-order chi connectivity index (χ1) is 7.02. The van der Waals surface area contributed by atoms with Crippen molar-refractivity contribution in [1.29, 1.82) is 0 Å². The fourth-order valence-electron chi connectivity index (χ4n) is 1.32. The second-order valence-corrected chi connectivity index (χ2v) is 4.90. The summed E-state index contributed by atoms with van der Waals surface area (Å²) in [5, 5.41) is 0. The molecule has 0 unspecified atom stereocenters. The van der Waals surface area contributed by atoms with Gasteiger partial charge in [-0.2, -0.15) is 0 Å². The molecule has 0 radical (unpaired) electrons. The van der Waals surface area contributed by atoms with Crippen LogP contribution in [0.25, 0.3) is 0 Å². The largest absolute Gasteiger partial charge is 0.294 e. The van der Waals surface area contributed by atoms with Crippen LogP contribution in [0.4, 0.5) is 0 Å². The molecule has 80 valence electrons. The number of halogens is 1. The van der Waals surface area contributed by atoms with Crippen molar-refractivity contribution in [1.82, 2.24) is 0 Å². The molecule has 0 heterocycles. The number of hydrogen-bond donors (Lipinski definition) is 0. The first-order valence-corrected chi connectivity index (χ1v) is 6.03. The summed E-state index contributed by atoms with van der Waals surface area (Å²) in [6.45, 7) is 7.78. The van der Waals surface area contributed by atoms with E-state index < -0.39 is 0 Å². The molecule has 1 nitrogen and oxygen atoms in total. The lowest BCUT2D eigenvalue weighted by molar-refractivity contribution is 0.0982. The number of Topliss-reactive ketones (excluding diaryl/α,β-unsaturated/α-hetero) is 1. The molecule has 0 aliphatic rings. The molecule has 0 atom stereocenters. The van der Waals surface area contributed by atoms with Crippen LogP contribution in [-0.2, 0) is 0 Å². The molecule has 0 fully saturated rings. The maximum absolute atomic E-state index is 11.9. The van der Waals surface area contributed by atoms with Crippen LogP contribution in [0.5, 0.6) is 0 Å². The van der Waals surface area contributed by atoms with Gasteiger partial charge in [0, 0.05) is 15.6 Å². The Bertz CT molecular complexity index is 394. The Morgan fingerprint density at radius 2 is 2.07 bits per heavy atom. The zero-order valence-electron chi connectivity index (χ0n) is 9.14. The van der Waals surface area contributed by atoms with Crippen molar-refractivity contribution in [3.8, 4) is 0 Å². The van der Waals surface area contributed by atoms with Crippen LogP contribution < -0.4 is 0 Å². The molecule has 1 rings (SSSR count). The van der Waals surface area contributed by atoms with E-state index in [1.54, 1.807) is 0 Å². The Morgan fingerprint density at radius 1 is 1.40 bits per heavy atom. The van der Waals surface area contributed by atoms with Crippen LogP contribution in [0, 0.1) is 10.5 Å². The molecule has 0 N–H and O–H groups in total. The van der Waals surface area contributed by atoms with Gasteiger partial charge in [-0.1, -0.05) is 23.8 Å². The molecule has 1 aromatic carbocycles. The van der Waals surface area contributed by atoms with E-state index in [0.29, 0.717) is 6.42 Å². The zero-order valence-corrected chi connectivity index (χ0v) is 11.3. The lowest BCUT2D eigenvalue weighted by Gasteiger charge is -2.05. The monoisotopic (exact) mass is 314 g/mol. The molecule has 0 aliphatic heterocycles. The van der Waals surface area contributed by atoms with E-state index in [1.807, 2.05) is 32.0 Å². The summed E-state index contributed by atoms with van der Waals surface area (Å²) in [6.07, 6.45) is 1.34. The molecule has 0 bridgehead atoms. The maximum Gasteiger partial charge on any atom is 0.164 e. The average Bonchev–Trinajstić information content (AvgIpc) is 2.18. The van der Waals surface area contributed by atoms with Gasteiger partial charge < -0.3 is 0 Å². The normalized spacial score (nSPS) is 10.1.